The minimum Gasteiger partial charge on any atom is -0.341 e. The standard InChI is InChI=1S/C19H24N8/c1-13-11-20-14(2)18-21-16(24-27(13)18)7-8-17-22-19(25-9-3-4-10-25)26(23-17)12-15-5-6-15/h7-8,11,15H,3-6,9-10,12H2,1-2H3/b8-7+. The van der Waals surface area contributed by atoms with Gasteiger partial charge in [-0.15, -0.1) is 10.2 Å². The molecule has 8 nitrogen and oxygen atoms in total. The third-order valence-electron chi connectivity index (χ3n) is 5.29. The molecule has 27 heavy (non-hydrogen) atoms. The van der Waals surface area contributed by atoms with E-state index in [1.54, 1.807) is 0 Å². The Labute approximate surface area is 157 Å². The Morgan fingerprint density at radius 1 is 1.04 bits per heavy atom. The van der Waals surface area contributed by atoms with Crippen molar-refractivity contribution in [1.29, 1.82) is 0 Å². The average molecular weight is 364 g/mol. The highest BCUT2D eigenvalue weighted by atomic mass is 15.4. The number of fused-ring (bicyclic) bond motifs is 1. The van der Waals surface area contributed by atoms with Crippen LogP contribution in [0.4, 0.5) is 5.95 Å². The maximum atomic E-state index is 4.79. The summed E-state index contributed by atoms with van der Waals surface area (Å²) < 4.78 is 3.93. The first-order valence-electron chi connectivity index (χ1n) is 9.74. The van der Waals surface area contributed by atoms with Crippen molar-refractivity contribution in [3.05, 3.63) is 29.2 Å². The first kappa shape index (κ1) is 16.4. The topological polar surface area (TPSA) is 77.0 Å². The molecule has 3 aromatic heterocycles. The third-order valence-corrected chi connectivity index (χ3v) is 5.29. The number of hydrogen-bond acceptors (Lipinski definition) is 6. The van der Waals surface area contributed by atoms with Crippen molar-refractivity contribution >= 4 is 23.7 Å². The summed E-state index contributed by atoms with van der Waals surface area (Å²) in [5.74, 6) is 3.15. The molecule has 140 valence electrons. The fourth-order valence-corrected chi connectivity index (χ4v) is 3.57. The second-order valence-electron chi connectivity index (χ2n) is 7.61. The Bertz CT molecular complexity index is 965. The highest BCUT2D eigenvalue weighted by molar-refractivity contribution is 5.64. The smallest absolute Gasteiger partial charge is 0.224 e. The molecule has 8 heteroatoms. The van der Waals surface area contributed by atoms with E-state index in [0.717, 1.165) is 54.4 Å². The van der Waals surface area contributed by atoms with E-state index < -0.39 is 0 Å². The van der Waals surface area contributed by atoms with Crippen molar-refractivity contribution in [2.45, 2.75) is 46.1 Å². The zero-order valence-electron chi connectivity index (χ0n) is 15.8. The molecule has 0 radical (unpaired) electrons. The fourth-order valence-electron chi connectivity index (χ4n) is 3.57. The zero-order chi connectivity index (χ0) is 18.4. The van der Waals surface area contributed by atoms with Crippen LogP contribution in [0.15, 0.2) is 6.20 Å². The maximum absolute atomic E-state index is 4.79. The molecule has 3 aromatic rings. The highest BCUT2D eigenvalue weighted by Crippen LogP contribution is 2.32. The van der Waals surface area contributed by atoms with Gasteiger partial charge in [-0.05, 0) is 57.6 Å². The monoisotopic (exact) mass is 364 g/mol. The largest absolute Gasteiger partial charge is 0.341 e. The van der Waals surface area contributed by atoms with Crippen molar-refractivity contribution < 1.29 is 0 Å². The highest BCUT2D eigenvalue weighted by Gasteiger charge is 2.26. The van der Waals surface area contributed by atoms with Crippen LogP contribution in [-0.4, -0.2) is 47.4 Å². The van der Waals surface area contributed by atoms with E-state index in [1.807, 2.05) is 36.7 Å². The van der Waals surface area contributed by atoms with Crippen LogP contribution in [0.2, 0.25) is 0 Å². The van der Waals surface area contributed by atoms with Gasteiger partial charge in [0.05, 0.1) is 11.4 Å². The molecular formula is C19H24N8. The summed E-state index contributed by atoms with van der Waals surface area (Å²) in [5.41, 5.74) is 2.63. The number of aryl methyl sites for hydroxylation is 2. The molecule has 0 aromatic carbocycles. The molecule has 0 bridgehead atoms. The van der Waals surface area contributed by atoms with E-state index >= 15 is 0 Å². The second kappa shape index (κ2) is 6.44. The molecule has 0 unspecified atom stereocenters. The van der Waals surface area contributed by atoms with Crippen LogP contribution in [0.1, 0.15) is 48.7 Å². The normalized spacial score (nSPS) is 17.6. The molecule has 5 rings (SSSR count). The van der Waals surface area contributed by atoms with Crippen LogP contribution in [0.3, 0.4) is 0 Å². The lowest BCUT2D eigenvalue weighted by Gasteiger charge is -2.16. The van der Waals surface area contributed by atoms with Crippen LogP contribution in [0.5, 0.6) is 0 Å². The molecule has 1 aliphatic heterocycles. The summed E-state index contributed by atoms with van der Waals surface area (Å²) >= 11 is 0. The predicted molar refractivity (Wildman–Crippen MR) is 103 cm³/mol. The van der Waals surface area contributed by atoms with E-state index in [4.69, 9.17) is 10.1 Å². The first-order valence-corrected chi connectivity index (χ1v) is 9.74. The van der Waals surface area contributed by atoms with Crippen molar-refractivity contribution in [3.63, 3.8) is 0 Å². The molecule has 2 aliphatic rings. The predicted octanol–water partition coefficient (Wildman–Crippen LogP) is 2.51. The van der Waals surface area contributed by atoms with Gasteiger partial charge >= 0.3 is 0 Å². The van der Waals surface area contributed by atoms with E-state index in [1.165, 1.54) is 25.7 Å². The third kappa shape index (κ3) is 3.20. The molecule has 2 fully saturated rings. The van der Waals surface area contributed by atoms with Gasteiger partial charge in [-0.1, -0.05) is 0 Å². The Morgan fingerprint density at radius 2 is 1.78 bits per heavy atom. The zero-order valence-corrected chi connectivity index (χ0v) is 15.8. The number of hydrogen-bond donors (Lipinski definition) is 0. The SMILES string of the molecule is Cc1ncc(C)n2nc(/C=C/c3nc(N4CCCC4)n(CC4CC4)n3)nc12. The van der Waals surface area contributed by atoms with Crippen molar-refractivity contribution in [1.82, 2.24) is 34.3 Å². The summed E-state index contributed by atoms with van der Waals surface area (Å²) in [6.07, 6.45) is 10.7. The number of aromatic nitrogens is 7. The first-order chi connectivity index (χ1) is 13.2. The van der Waals surface area contributed by atoms with Gasteiger partial charge in [-0.3, -0.25) is 4.98 Å². The summed E-state index contributed by atoms with van der Waals surface area (Å²) in [5, 5.41) is 9.30. The molecule has 1 saturated heterocycles. The van der Waals surface area contributed by atoms with Gasteiger partial charge in [-0.25, -0.2) is 14.2 Å². The molecule has 0 atom stereocenters. The van der Waals surface area contributed by atoms with Gasteiger partial charge in [-0.2, -0.15) is 4.98 Å². The van der Waals surface area contributed by atoms with Crippen LogP contribution < -0.4 is 4.90 Å². The lowest BCUT2D eigenvalue weighted by Crippen LogP contribution is -2.23. The van der Waals surface area contributed by atoms with Crippen molar-refractivity contribution in [3.8, 4) is 0 Å². The van der Waals surface area contributed by atoms with Crippen molar-refractivity contribution in [2.24, 2.45) is 5.92 Å². The Kier molecular flexibility index (Phi) is 3.91. The Balaban J connectivity index is 1.44. The molecule has 0 spiro atoms. The Hall–Kier alpha value is -2.77. The van der Waals surface area contributed by atoms with Gasteiger partial charge in [0.2, 0.25) is 5.95 Å². The number of nitrogens with zero attached hydrogens (tertiary/aromatic N) is 8. The summed E-state index contributed by atoms with van der Waals surface area (Å²) in [7, 11) is 0. The Morgan fingerprint density at radius 3 is 2.48 bits per heavy atom. The van der Waals surface area contributed by atoms with Gasteiger partial charge in [0, 0.05) is 25.8 Å². The van der Waals surface area contributed by atoms with Crippen molar-refractivity contribution in [2.75, 3.05) is 18.0 Å². The average Bonchev–Trinajstić information content (AvgIpc) is 3.07. The van der Waals surface area contributed by atoms with E-state index in [-0.39, 0.29) is 0 Å². The summed E-state index contributed by atoms with van der Waals surface area (Å²) in [4.78, 5) is 16.1. The molecule has 1 saturated carbocycles. The van der Waals surface area contributed by atoms with Gasteiger partial charge in [0.1, 0.15) is 0 Å². The minimum atomic E-state index is 0.649. The van der Waals surface area contributed by atoms with E-state index in [9.17, 15) is 0 Å². The van der Waals surface area contributed by atoms with Crippen LogP contribution in [-0.2, 0) is 6.54 Å². The van der Waals surface area contributed by atoms with E-state index in [2.05, 4.69) is 24.6 Å². The van der Waals surface area contributed by atoms with Gasteiger partial charge in [0.15, 0.2) is 17.3 Å². The maximum Gasteiger partial charge on any atom is 0.224 e. The quantitative estimate of drug-likeness (QED) is 0.692. The van der Waals surface area contributed by atoms with Crippen LogP contribution in [0, 0.1) is 19.8 Å². The van der Waals surface area contributed by atoms with Gasteiger partial charge in [0.25, 0.3) is 0 Å². The molecular weight excluding hydrogens is 340 g/mol. The molecule has 0 N–H and O–H groups in total. The molecule has 1 aliphatic carbocycles. The van der Waals surface area contributed by atoms with Crippen LogP contribution >= 0.6 is 0 Å². The number of rotatable bonds is 5. The van der Waals surface area contributed by atoms with Crippen LogP contribution in [0.25, 0.3) is 17.8 Å². The lowest BCUT2D eigenvalue weighted by atomic mass is 10.4. The van der Waals surface area contributed by atoms with E-state index in [0.29, 0.717) is 5.82 Å². The second-order valence-corrected chi connectivity index (χ2v) is 7.61. The fraction of sp³-hybridized carbons (Fsp3) is 0.526. The molecule has 4 heterocycles. The summed E-state index contributed by atoms with van der Waals surface area (Å²) in [6.45, 7) is 7.05. The lowest BCUT2D eigenvalue weighted by molar-refractivity contribution is 0.556. The minimum absolute atomic E-state index is 0.649. The van der Waals surface area contributed by atoms with Gasteiger partial charge < -0.3 is 4.90 Å². The number of anilines is 1. The summed E-state index contributed by atoms with van der Waals surface area (Å²) in [6, 6.07) is 0. The molecule has 0 amide bonds.